The second-order valence-corrected chi connectivity index (χ2v) is 4.00. The van der Waals surface area contributed by atoms with Crippen LogP contribution in [-0.4, -0.2) is 38.3 Å². The molecule has 0 spiro atoms. The maximum atomic E-state index is 5.01. The van der Waals surface area contributed by atoms with Gasteiger partial charge in [0.1, 0.15) is 0 Å². The van der Waals surface area contributed by atoms with Crippen molar-refractivity contribution >= 4 is 5.69 Å². The van der Waals surface area contributed by atoms with Crippen molar-refractivity contribution in [3.8, 4) is 5.88 Å². The van der Waals surface area contributed by atoms with Gasteiger partial charge >= 0.3 is 0 Å². The molecule has 4 nitrogen and oxygen atoms in total. The standard InChI is InChI=1S/C10H15N3O.C3H8.C2H6/c1-14-10-3-2-9(8-12-10)13-6-4-11-5-7-13;1-3-2;1-2/h2-3,8,11H,4-7H2,1H3;3H2,1-2H3;1-2H3. The van der Waals surface area contributed by atoms with E-state index < -0.39 is 0 Å². The molecule has 0 radical (unpaired) electrons. The smallest absolute Gasteiger partial charge is 0.213 e. The third-order valence-electron chi connectivity index (χ3n) is 2.41. The molecule has 0 atom stereocenters. The van der Waals surface area contributed by atoms with Gasteiger partial charge in [-0.2, -0.15) is 0 Å². The number of nitrogens with one attached hydrogen (secondary N) is 1. The molecule has 0 aromatic carbocycles. The largest absolute Gasteiger partial charge is 0.481 e. The van der Waals surface area contributed by atoms with Crippen molar-refractivity contribution in [2.45, 2.75) is 34.1 Å². The molecule has 110 valence electrons. The summed E-state index contributed by atoms with van der Waals surface area (Å²) in [5.74, 6) is 0.670. The van der Waals surface area contributed by atoms with E-state index in [1.807, 2.05) is 26.1 Å². The van der Waals surface area contributed by atoms with Crippen LogP contribution in [0.4, 0.5) is 5.69 Å². The van der Waals surface area contributed by atoms with Crippen LogP contribution in [0.3, 0.4) is 0 Å². The first-order chi connectivity index (χ1) is 9.31. The van der Waals surface area contributed by atoms with Gasteiger partial charge in [-0.3, -0.25) is 0 Å². The number of hydrogen-bond donors (Lipinski definition) is 1. The van der Waals surface area contributed by atoms with Gasteiger partial charge in [0.2, 0.25) is 5.88 Å². The predicted octanol–water partition coefficient (Wildman–Crippen LogP) is 2.94. The highest BCUT2D eigenvalue weighted by Gasteiger charge is 2.10. The Labute approximate surface area is 118 Å². The molecule has 0 saturated carbocycles. The minimum absolute atomic E-state index is 0.670. The zero-order chi connectivity index (χ0) is 14.5. The quantitative estimate of drug-likeness (QED) is 0.894. The van der Waals surface area contributed by atoms with Crippen LogP contribution in [0.25, 0.3) is 0 Å². The molecule has 2 heterocycles. The highest BCUT2D eigenvalue weighted by atomic mass is 16.5. The lowest BCUT2D eigenvalue weighted by molar-refractivity contribution is 0.398. The van der Waals surface area contributed by atoms with Crippen molar-refractivity contribution in [2.75, 3.05) is 38.2 Å². The molecule has 1 saturated heterocycles. The summed E-state index contributed by atoms with van der Waals surface area (Å²) >= 11 is 0. The molecular formula is C15H29N3O. The summed E-state index contributed by atoms with van der Waals surface area (Å²) in [5.41, 5.74) is 1.17. The second kappa shape index (κ2) is 11.8. The number of ether oxygens (including phenoxy) is 1. The van der Waals surface area contributed by atoms with Crippen LogP contribution in [0.5, 0.6) is 5.88 Å². The van der Waals surface area contributed by atoms with Crippen LogP contribution in [0.1, 0.15) is 34.1 Å². The van der Waals surface area contributed by atoms with E-state index in [9.17, 15) is 0 Å². The van der Waals surface area contributed by atoms with Gasteiger partial charge in [-0.05, 0) is 6.07 Å². The maximum absolute atomic E-state index is 5.01. The van der Waals surface area contributed by atoms with Crippen LogP contribution >= 0.6 is 0 Å². The molecule has 4 heteroatoms. The highest BCUT2D eigenvalue weighted by Crippen LogP contribution is 2.16. The first-order valence-electron chi connectivity index (χ1n) is 7.27. The van der Waals surface area contributed by atoms with Gasteiger partial charge in [0.25, 0.3) is 0 Å². The number of aromatic nitrogens is 1. The molecule has 2 rings (SSSR count). The lowest BCUT2D eigenvalue weighted by atomic mass is 10.3. The fourth-order valence-electron chi connectivity index (χ4n) is 1.60. The molecule has 1 aromatic heterocycles. The number of hydrogen-bond acceptors (Lipinski definition) is 4. The van der Waals surface area contributed by atoms with Crippen molar-refractivity contribution in [3.63, 3.8) is 0 Å². The van der Waals surface area contributed by atoms with Crippen LogP contribution < -0.4 is 15.0 Å². The first-order valence-corrected chi connectivity index (χ1v) is 7.27. The van der Waals surface area contributed by atoms with E-state index >= 15 is 0 Å². The normalized spacial score (nSPS) is 13.6. The minimum atomic E-state index is 0.670. The van der Waals surface area contributed by atoms with E-state index in [0.717, 1.165) is 26.2 Å². The Bertz CT molecular complexity index is 295. The van der Waals surface area contributed by atoms with E-state index in [2.05, 4.69) is 35.1 Å². The first kappa shape index (κ1) is 17.7. The third kappa shape index (κ3) is 7.01. The monoisotopic (exact) mass is 267 g/mol. The number of anilines is 1. The molecule has 1 aliphatic heterocycles. The van der Waals surface area contributed by atoms with Crippen LogP contribution in [-0.2, 0) is 0 Å². The maximum Gasteiger partial charge on any atom is 0.213 e. The zero-order valence-corrected chi connectivity index (χ0v) is 13.1. The number of nitrogens with zero attached hydrogens (tertiary/aromatic N) is 2. The summed E-state index contributed by atoms with van der Waals surface area (Å²) in [4.78, 5) is 6.51. The van der Waals surface area contributed by atoms with Gasteiger partial charge < -0.3 is 15.0 Å². The van der Waals surface area contributed by atoms with E-state index in [-0.39, 0.29) is 0 Å². The Morgan fingerprint density at radius 1 is 1.21 bits per heavy atom. The summed E-state index contributed by atoms with van der Waals surface area (Å²) in [5, 5.41) is 3.32. The van der Waals surface area contributed by atoms with Crippen molar-refractivity contribution in [1.82, 2.24) is 10.3 Å². The Morgan fingerprint density at radius 2 is 1.79 bits per heavy atom. The number of piperazine rings is 1. The fourth-order valence-corrected chi connectivity index (χ4v) is 1.60. The van der Waals surface area contributed by atoms with Gasteiger partial charge in [-0.25, -0.2) is 4.98 Å². The predicted molar refractivity (Wildman–Crippen MR) is 83.2 cm³/mol. The van der Waals surface area contributed by atoms with E-state index in [1.54, 1.807) is 7.11 Å². The second-order valence-electron chi connectivity index (χ2n) is 4.00. The summed E-state index contributed by atoms with van der Waals surface area (Å²) in [7, 11) is 1.63. The average Bonchev–Trinajstić information content (AvgIpc) is 2.51. The molecular weight excluding hydrogens is 238 g/mol. The topological polar surface area (TPSA) is 37.4 Å². The third-order valence-corrected chi connectivity index (χ3v) is 2.41. The molecule has 1 aliphatic rings. The lowest BCUT2D eigenvalue weighted by Crippen LogP contribution is -2.43. The van der Waals surface area contributed by atoms with Gasteiger partial charge in [0.05, 0.1) is 19.0 Å². The molecule has 1 aromatic rings. The molecule has 0 unspecified atom stereocenters. The lowest BCUT2D eigenvalue weighted by Gasteiger charge is -2.29. The highest BCUT2D eigenvalue weighted by molar-refractivity contribution is 5.45. The number of rotatable bonds is 2. The molecule has 0 bridgehead atoms. The van der Waals surface area contributed by atoms with Gasteiger partial charge in [0, 0.05) is 32.2 Å². The van der Waals surface area contributed by atoms with E-state index in [4.69, 9.17) is 4.74 Å². The Hall–Kier alpha value is -1.29. The Morgan fingerprint density at radius 3 is 2.21 bits per heavy atom. The van der Waals surface area contributed by atoms with Crippen LogP contribution in [0.15, 0.2) is 18.3 Å². The van der Waals surface area contributed by atoms with Gasteiger partial charge in [0.15, 0.2) is 0 Å². The van der Waals surface area contributed by atoms with Gasteiger partial charge in [-0.1, -0.05) is 34.1 Å². The van der Waals surface area contributed by atoms with Crippen molar-refractivity contribution in [3.05, 3.63) is 18.3 Å². The number of pyridine rings is 1. The van der Waals surface area contributed by atoms with Crippen molar-refractivity contribution in [2.24, 2.45) is 0 Å². The van der Waals surface area contributed by atoms with Gasteiger partial charge in [-0.15, -0.1) is 0 Å². The van der Waals surface area contributed by atoms with Crippen LogP contribution in [0.2, 0.25) is 0 Å². The molecule has 1 fully saturated rings. The molecule has 0 amide bonds. The van der Waals surface area contributed by atoms with Crippen LogP contribution in [0, 0.1) is 0 Å². The fraction of sp³-hybridized carbons (Fsp3) is 0.667. The Kier molecular flexibility index (Phi) is 11.0. The summed E-state index contributed by atoms with van der Waals surface area (Å²) in [6, 6.07) is 3.95. The summed E-state index contributed by atoms with van der Waals surface area (Å²) in [6.07, 6.45) is 3.12. The minimum Gasteiger partial charge on any atom is -0.481 e. The molecule has 1 N–H and O–H groups in total. The number of methoxy groups -OCH3 is 1. The Balaban J connectivity index is 0.000000573. The average molecular weight is 267 g/mol. The van der Waals surface area contributed by atoms with Crippen molar-refractivity contribution < 1.29 is 4.74 Å². The SMILES string of the molecule is CC.CCC.COc1ccc(N2CCNCC2)cn1. The molecule has 0 aliphatic carbocycles. The summed E-state index contributed by atoms with van der Waals surface area (Å²) < 4.78 is 5.01. The summed E-state index contributed by atoms with van der Waals surface area (Å²) in [6.45, 7) is 12.4. The zero-order valence-electron chi connectivity index (χ0n) is 13.1. The molecule has 19 heavy (non-hydrogen) atoms. The van der Waals surface area contributed by atoms with E-state index in [0.29, 0.717) is 5.88 Å². The van der Waals surface area contributed by atoms with Crippen molar-refractivity contribution in [1.29, 1.82) is 0 Å². The van der Waals surface area contributed by atoms with E-state index in [1.165, 1.54) is 12.1 Å².